The van der Waals surface area contributed by atoms with Crippen molar-refractivity contribution in [3.05, 3.63) is 17.8 Å². The number of hydrogen-bond donors (Lipinski definition) is 1. The zero-order valence-corrected chi connectivity index (χ0v) is 12.5. The molecule has 0 bridgehead atoms. The molecule has 0 radical (unpaired) electrons. The van der Waals surface area contributed by atoms with Crippen molar-refractivity contribution in [3.8, 4) is 0 Å². The molecule has 1 aliphatic heterocycles. The smallest absolute Gasteiger partial charge is 0.275 e. The van der Waals surface area contributed by atoms with E-state index in [4.69, 9.17) is 10.2 Å². The van der Waals surface area contributed by atoms with Gasteiger partial charge in [-0.25, -0.2) is 4.98 Å². The summed E-state index contributed by atoms with van der Waals surface area (Å²) in [7, 11) is 0. The Kier molecular flexibility index (Phi) is 5.17. The Morgan fingerprint density at radius 2 is 2.25 bits per heavy atom. The second-order valence-corrected chi connectivity index (χ2v) is 5.79. The number of hydrogen-bond acceptors (Lipinski definition) is 4. The van der Waals surface area contributed by atoms with E-state index in [9.17, 15) is 4.79 Å². The van der Waals surface area contributed by atoms with Gasteiger partial charge in [0.25, 0.3) is 5.91 Å². The van der Waals surface area contributed by atoms with Gasteiger partial charge in [0, 0.05) is 13.1 Å². The fourth-order valence-electron chi connectivity index (χ4n) is 2.48. The molecule has 1 fully saturated rings. The first-order valence-electron chi connectivity index (χ1n) is 7.62. The molecule has 0 aliphatic carbocycles. The minimum absolute atomic E-state index is 0.0328. The monoisotopic (exact) mass is 279 g/mol. The summed E-state index contributed by atoms with van der Waals surface area (Å²) in [5.74, 6) is 1.15. The van der Waals surface area contributed by atoms with Gasteiger partial charge < -0.3 is 15.1 Å². The molecule has 5 nitrogen and oxygen atoms in total. The number of oxazole rings is 1. The van der Waals surface area contributed by atoms with E-state index in [0.29, 0.717) is 17.5 Å². The van der Waals surface area contributed by atoms with E-state index in [1.807, 2.05) is 4.90 Å². The van der Waals surface area contributed by atoms with Crippen LogP contribution in [0.1, 0.15) is 68.4 Å². The zero-order valence-electron chi connectivity index (χ0n) is 12.5. The van der Waals surface area contributed by atoms with Crippen LogP contribution < -0.4 is 5.73 Å². The third-order valence-electron chi connectivity index (χ3n) is 4.00. The van der Waals surface area contributed by atoms with Gasteiger partial charge in [-0.15, -0.1) is 0 Å². The van der Waals surface area contributed by atoms with Crippen LogP contribution >= 0.6 is 0 Å². The normalized spacial score (nSPS) is 18.2. The molecule has 2 N–H and O–H groups in total. The fourth-order valence-corrected chi connectivity index (χ4v) is 2.48. The Morgan fingerprint density at radius 1 is 1.55 bits per heavy atom. The number of nitrogens with zero attached hydrogens (tertiary/aromatic N) is 2. The van der Waals surface area contributed by atoms with E-state index in [1.165, 1.54) is 6.26 Å². The molecule has 5 heteroatoms. The van der Waals surface area contributed by atoms with Crippen molar-refractivity contribution >= 4 is 5.91 Å². The predicted molar refractivity (Wildman–Crippen MR) is 77.3 cm³/mol. The standard InChI is InChI=1S/C15H25N3O2/c1-3-4-5-12(16)14-17-13(10-20-14)15(19)18-8-6-11(2)7-9-18/h10-12H,3-9,16H2,1-2H3. The van der Waals surface area contributed by atoms with Gasteiger partial charge in [0.2, 0.25) is 5.89 Å². The fraction of sp³-hybridized carbons (Fsp3) is 0.733. The number of aromatic nitrogens is 1. The number of rotatable bonds is 5. The molecule has 1 unspecified atom stereocenters. The number of unbranched alkanes of at least 4 members (excludes halogenated alkanes) is 1. The van der Waals surface area contributed by atoms with Gasteiger partial charge in [0.1, 0.15) is 6.26 Å². The molecule has 1 saturated heterocycles. The van der Waals surface area contributed by atoms with Gasteiger partial charge in [-0.2, -0.15) is 0 Å². The summed E-state index contributed by atoms with van der Waals surface area (Å²) in [5, 5.41) is 0. The summed E-state index contributed by atoms with van der Waals surface area (Å²) in [6.45, 7) is 5.96. The molecule has 0 saturated carbocycles. The largest absolute Gasteiger partial charge is 0.446 e. The van der Waals surface area contributed by atoms with E-state index in [1.54, 1.807) is 0 Å². The summed E-state index contributed by atoms with van der Waals surface area (Å²) in [4.78, 5) is 18.5. The highest BCUT2D eigenvalue weighted by molar-refractivity contribution is 5.92. The van der Waals surface area contributed by atoms with Crippen molar-refractivity contribution in [2.24, 2.45) is 11.7 Å². The molecular formula is C15H25N3O2. The van der Waals surface area contributed by atoms with Crippen molar-refractivity contribution in [3.63, 3.8) is 0 Å². The van der Waals surface area contributed by atoms with E-state index in [-0.39, 0.29) is 11.9 Å². The van der Waals surface area contributed by atoms with Gasteiger partial charge in [0.05, 0.1) is 6.04 Å². The van der Waals surface area contributed by atoms with E-state index in [0.717, 1.165) is 45.2 Å². The second-order valence-electron chi connectivity index (χ2n) is 5.79. The molecule has 1 aromatic rings. The van der Waals surface area contributed by atoms with Crippen molar-refractivity contribution in [2.75, 3.05) is 13.1 Å². The van der Waals surface area contributed by atoms with Crippen LogP contribution in [0.25, 0.3) is 0 Å². The van der Waals surface area contributed by atoms with Crippen LogP contribution in [0.4, 0.5) is 0 Å². The maximum absolute atomic E-state index is 12.3. The number of amides is 1. The summed E-state index contributed by atoms with van der Waals surface area (Å²) in [6.07, 6.45) is 6.54. The maximum Gasteiger partial charge on any atom is 0.275 e. The van der Waals surface area contributed by atoms with Crippen LogP contribution in [0.3, 0.4) is 0 Å². The van der Waals surface area contributed by atoms with E-state index >= 15 is 0 Å². The second kappa shape index (κ2) is 6.88. The first kappa shape index (κ1) is 15.0. The van der Waals surface area contributed by atoms with Gasteiger partial charge in [-0.1, -0.05) is 26.7 Å². The minimum atomic E-state index is -0.210. The SMILES string of the molecule is CCCCC(N)c1nc(C(=O)N2CCC(C)CC2)co1. The molecule has 1 atom stereocenters. The van der Waals surface area contributed by atoms with Crippen LogP contribution in [0.15, 0.2) is 10.7 Å². The highest BCUT2D eigenvalue weighted by Gasteiger charge is 2.24. The third-order valence-corrected chi connectivity index (χ3v) is 4.00. The number of carbonyl (C=O) groups excluding carboxylic acids is 1. The Morgan fingerprint density at radius 3 is 2.90 bits per heavy atom. The molecule has 0 aromatic carbocycles. The topological polar surface area (TPSA) is 72.4 Å². The van der Waals surface area contributed by atoms with Gasteiger partial charge in [-0.05, 0) is 25.2 Å². The van der Waals surface area contributed by atoms with E-state index < -0.39 is 0 Å². The van der Waals surface area contributed by atoms with Crippen LogP contribution in [-0.4, -0.2) is 28.9 Å². The summed E-state index contributed by atoms with van der Waals surface area (Å²) in [5.41, 5.74) is 6.40. The van der Waals surface area contributed by atoms with Gasteiger partial charge in [-0.3, -0.25) is 4.79 Å². The highest BCUT2D eigenvalue weighted by atomic mass is 16.3. The number of likely N-dealkylation sites (tertiary alicyclic amines) is 1. The first-order valence-corrected chi connectivity index (χ1v) is 7.62. The van der Waals surface area contributed by atoms with Crippen molar-refractivity contribution in [1.82, 2.24) is 9.88 Å². The first-order chi connectivity index (χ1) is 9.61. The third kappa shape index (κ3) is 3.60. The zero-order chi connectivity index (χ0) is 14.5. The molecule has 2 rings (SSSR count). The average molecular weight is 279 g/mol. The van der Waals surface area contributed by atoms with E-state index in [2.05, 4.69) is 18.8 Å². The van der Waals surface area contributed by atoms with Crippen LogP contribution in [0.5, 0.6) is 0 Å². The van der Waals surface area contributed by atoms with Gasteiger partial charge >= 0.3 is 0 Å². The Bertz CT molecular complexity index is 436. The Labute approximate surface area is 120 Å². The molecule has 1 amide bonds. The van der Waals surface area contributed by atoms with Crippen molar-refractivity contribution in [2.45, 2.75) is 52.0 Å². The molecule has 1 aromatic heterocycles. The number of nitrogens with two attached hydrogens (primary N) is 1. The lowest BCUT2D eigenvalue weighted by atomic mass is 9.99. The Balaban J connectivity index is 1.95. The molecular weight excluding hydrogens is 254 g/mol. The lowest BCUT2D eigenvalue weighted by molar-refractivity contribution is 0.0691. The average Bonchev–Trinajstić information content (AvgIpc) is 2.94. The number of carbonyl (C=O) groups is 1. The minimum Gasteiger partial charge on any atom is -0.446 e. The number of piperidine rings is 1. The van der Waals surface area contributed by atoms with Crippen LogP contribution in [0.2, 0.25) is 0 Å². The van der Waals surface area contributed by atoms with Crippen molar-refractivity contribution in [1.29, 1.82) is 0 Å². The molecule has 0 spiro atoms. The predicted octanol–water partition coefficient (Wildman–Crippen LogP) is 2.74. The summed E-state index contributed by atoms with van der Waals surface area (Å²) in [6, 6.07) is -0.210. The van der Waals surface area contributed by atoms with Crippen molar-refractivity contribution < 1.29 is 9.21 Å². The lowest BCUT2D eigenvalue weighted by Gasteiger charge is -2.29. The van der Waals surface area contributed by atoms with Crippen LogP contribution in [-0.2, 0) is 0 Å². The molecule has 1 aliphatic rings. The lowest BCUT2D eigenvalue weighted by Crippen LogP contribution is -2.38. The quantitative estimate of drug-likeness (QED) is 0.899. The maximum atomic E-state index is 12.3. The molecule has 2 heterocycles. The summed E-state index contributed by atoms with van der Waals surface area (Å²) < 4.78 is 5.37. The molecule has 112 valence electrons. The highest BCUT2D eigenvalue weighted by Crippen LogP contribution is 2.20. The molecule has 20 heavy (non-hydrogen) atoms. The Hall–Kier alpha value is -1.36. The summed E-state index contributed by atoms with van der Waals surface area (Å²) >= 11 is 0. The van der Waals surface area contributed by atoms with Crippen LogP contribution in [0, 0.1) is 5.92 Å². The van der Waals surface area contributed by atoms with Gasteiger partial charge in [0.15, 0.2) is 5.69 Å².